The number of para-hydroxylation sites is 1. The van der Waals surface area contributed by atoms with Gasteiger partial charge < -0.3 is 20.3 Å². The molecule has 0 aliphatic heterocycles. The van der Waals surface area contributed by atoms with E-state index in [-0.39, 0.29) is 12.1 Å². The molecule has 0 amide bonds. The maximum atomic E-state index is 11.1. The molecule has 5 nitrogen and oxygen atoms in total. The molecule has 0 bridgehead atoms. The predicted molar refractivity (Wildman–Crippen MR) is 67.9 cm³/mol. The number of rotatable bonds is 8. The van der Waals surface area contributed by atoms with E-state index in [0.717, 1.165) is 12.8 Å². The summed E-state index contributed by atoms with van der Waals surface area (Å²) in [7, 11) is 1.65. The average molecular weight is 253 g/mol. The fourth-order valence-electron chi connectivity index (χ4n) is 1.61. The van der Waals surface area contributed by atoms with Crippen LogP contribution in [0.5, 0.6) is 5.75 Å². The molecular weight excluding hydrogens is 234 g/mol. The lowest BCUT2D eigenvalue weighted by Gasteiger charge is -2.13. The van der Waals surface area contributed by atoms with Crippen LogP contribution in [0.15, 0.2) is 18.2 Å². The Morgan fingerprint density at radius 2 is 2.06 bits per heavy atom. The largest absolute Gasteiger partial charge is 0.492 e. The highest BCUT2D eigenvalue weighted by atomic mass is 16.5. The van der Waals surface area contributed by atoms with Gasteiger partial charge in [-0.25, -0.2) is 4.79 Å². The van der Waals surface area contributed by atoms with Crippen molar-refractivity contribution in [1.82, 2.24) is 0 Å². The van der Waals surface area contributed by atoms with Gasteiger partial charge in [0.15, 0.2) is 0 Å². The molecule has 100 valence electrons. The molecule has 5 heteroatoms. The zero-order chi connectivity index (χ0) is 13.4. The molecule has 0 fully saturated rings. The Bertz CT molecular complexity index is 393. The minimum Gasteiger partial charge on any atom is -0.492 e. The molecule has 0 unspecified atom stereocenters. The monoisotopic (exact) mass is 253 g/mol. The number of carboxylic acid groups (broad SMARTS) is 1. The second-order valence-corrected chi connectivity index (χ2v) is 3.85. The van der Waals surface area contributed by atoms with Gasteiger partial charge in [-0.1, -0.05) is 12.1 Å². The van der Waals surface area contributed by atoms with E-state index in [1.807, 2.05) is 0 Å². The summed E-state index contributed by atoms with van der Waals surface area (Å²) in [5.74, 6) is -0.623. The van der Waals surface area contributed by atoms with E-state index in [1.165, 1.54) is 6.07 Å². The Hall–Kier alpha value is -1.59. The Kier molecular flexibility index (Phi) is 6.18. The van der Waals surface area contributed by atoms with Crippen LogP contribution in [0.3, 0.4) is 0 Å². The van der Waals surface area contributed by atoms with Crippen LogP contribution in [0.25, 0.3) is 0 Å². The van der Waals surface area contributed by atoms with Gasteiger partial charge in [0.2, 0.25) is 0 Å². The molecule has 0 aliphatic carbocycles. The standard InChI is InChI=1S/C13H19NO4/c1-17-7-2-3-8-18-12-10(9-14)5-4-6-11(12)13(15)16/h4-6H,2-3,7-9,14H2,1H3,(H,15,16). The fourth-order valence-corrected chi connectivity index (χ4v) is 1.61. The van der Waals surface area contributed by atoms with Crippen LogP contribution in [0.1, 0.15) is 28.8 Å². The maximum absolute atomic E-state index is 11.1. The van der Waals surface area contributed by atoms with Crippen molar-refractivity contribution >= 4 is 5.97 Å². The van der Waals surface area contributed by atoms with Gasteiger partial charge in [0.25, 0.3) is 0 Å². The lowest BCUT2D eigenvalue weighted by atomic mass is 10.1. The first kappa shape index (κ1) is 14.5. The molecule has 0 atom stereocenters. The SMILES string of the molecule is COCCCCOc1c(CN)cccc1C(=O)O. The summed E-state index contributed by atoms with van der Waals surface area (Å²) in [6.45, 7) is 1.39. The summed E-state index contributed by atoms with van der Waals surface area (Å²) >= 11 is 0. The number of nitrogens with two attached hydrogens (primary N) is 1. The van der Waals surface area contributed by atoms with Crippen LogP contribution >= 0.6 is 0 Å². The van der Waals surface area contributed by atoms with Gasteiger partial charge >= 0.3 is 5.97 Å². The topological polar surface area (TPSA) is 81.8 Å². The first-order chi connectivity index (χ1) is 8.70. The smallest absolute Gasteiger partial charge is 0.339 e. The number of hydrogen-bond donors (Lipinski definition) is 2. The molecule has 0 saturated heterocycles. The number of carboxylic acids is 1. The van der Waals surface area contributed by atoms with Gasteiger partial charge in [-0.2, -0.15) is 0 Å². The second-order valence-electron chi connectivity index (χ2n) is 3.85. The van der Waals surface area contributed by atoms with E-state index in [2.05, 4.69) is 0 Å². The molecule has 0 aromatic heterocycles. The summed E-state index contributed by atoms with van der Waals surface area (Å²) in [6, 6.07) is 4.96. The molecule has 3 N–H and O–H groups in total. The number of aromatic carboxylic acids is 1. The van der Waals surface area contributed by atoms with E-state index in [1.54, 1.807) is 19.2 Å². The van der Waals surface area contributed by atoms with Gasteiger partial charge in [-0.05, 0) is 18.9 Å². The van der Waals surface area contributed by atoms with Crippen LogP contribution in [0.4, 0.5) is 0 Å². The lowest BCUT2D eigenvalue weighted by Crippen LogP contribution is -2.09. The van der Waals surface area contributed by atoms with Crippen LogP contribution in [-0.2, 0) is 11.3 Å². The van der Waals surface area contributed by atoms with Gasteiger partial charge in [-0.3, -0.25) is 0 Å². The minimum atomic E-state index is -1.00. The van der Waals surface area contributed by atoms with Crippen molar-refractivity contribution in [3.05, 3.63) is 29.3 Å². The third-order valence-electron chi connectivity index (χ3n) is 2.54. The van der Waals surface area contributed by atoms with Crippen molar-refractivity contribution in [2.24, 2.45) is 5.73 Å². The summed E-state index contributed by atoms with van der Waals surface area (Å²) in [5.41, 5.74) is 6.45. The van der Waals surface area contributed by atoms with Gasteiger partial charge in [0, 0.05) is 25.8 Å². The third kappa shape index (κ3) is 4.01. The molecule has 1 rings (SSSR count). The molecular formula is C13H19NO4. The summed E-state index contributed by atoms with van der Waals surface area (Å²) in [6.07, 6.45) is 1.69. The van der Waals surface area contributed by atoms with E-state index in [0.29, 0.717) is 24.5 Å². The number of ether oxygens (including phenoxy) is 2. The number of methoxy groups -OCH3 is 1. The second kappa shape index (κ2) is 7.68. The Morgan fingerprint density at radius 3 is 2.67 bits per heavy atom. The molecule has 1 aromatic carbocycles. The molecule has 18 heavy (non-hydrogen) atoms. The normalized spacial score (nSPS) is 10.3. The van der Waals surface area contributed by atoms with Crippen molar-refractivity contribution in [3.8, 4) is 5.75 Å². The highest BCUT2D eigenvalue weighted by molar-refractivity contribution is 5.91. The zero-order valence-electron chi connectivity index (χ0n) is 10.5. The number of benzene rings is 1. The van der Waals surface area contributed by atoms with Crippen LogP contribution in [-0.4, -0.2) is 31.4 Å². The molecule has 0 radical (unpaired) electrons. The zero-order valence-corrected chi connectivity index (χ0v) is 10.5. The van der Waals surface area contributed by atoms with Crippen molar-refractivity contribution in [2.75, 3.05) is 20.3 Å². The third-order valence-corrected chi connectivity index (χ3v) is 2.54. The number of unbranched alkanes of at least 4 members (excludes halogenated alkanes) is 1. The number of hydrogen-bond acceptors (Lipinski definition) is 4. The van der Waals surface area contributed by atoms with Gasteiger partial charge in [-0.15, -0.1) is 0 Å². The summed E-state index contributed by atoms with van der Waals surface area (Å²) in [5, 5.41) is 9.09. The van der Waals surface area contributed by atoms with E-state index in [9.17, 15) is 4.79 Å². The predicted octanol–water partition coefficient (Wildman–Crippen LogP) is 1.65. The van der Waals surface area contributed by atoms with Crippen molar-refractivity contribution in [2.45, 2.75) is 19.4 Å². The minimum absolute atomic E-state index is 0.157. The van der Waals surface area contributed by atoms with E-state index in [4.69, 9.17) is 20.3 Å². The molecule has 0 saturated carbocycles. The van der Waals surface area contributed by atoms with Crippen LogP contribution in [0.2, 0.25) is 0 Å². The summed E-state index contributed by atoms with van der Waals surface area (Å²) < 4.78 is 10.5. The van der Waals surface area contributed by atoms with Crippen molar-refractivity contribution < 1.29 is 19.4 Å². The Morgan fingerprint density at radius 1 is 1.33 bits per heavy atom. The van der Waals surface area contributed by atoms with E-state index >= 15 is 0 Å². The van der Waals surface area contributed by atoms with Crippen molar-refractivity contribution in [3.63, 3.8) is 0 Å². The molecule has 0 spiro atoms. The lowest BCUT2D eigenvalue weighted by molar-refractivity contribution is 0.0691. The average Bonchev–Trinajstić information content (AvgIpc) is 2.38. The highest BCUT2D eigenvalue weighted by Crippen LogP contribution is 2.24. The van der Waals surface area contributed by atoms with Crippen molar-refractivity contribution in [1.29, 1.82) is 0 Å². The summed E-state index contributed by atoms with van der Waals surface area (Å²) in [4.78, 5) is 11.1. The number of carbonyl (C=O) groups is 1. The van der Waals surface area contributed by atoms with Crippen LogP contribution < -0.4 is 10.5 Å². The molecule has 0 heterocycles. The molecule has 1 aromatic rings. The van der Waals surface area contributed by atoms with Gasteiger partial charge in [0.05, 0.1) is 6.61 Å². The maximum Gasteiger partial charge on any atom is 0.339 e. The Labute approximate surface area is 107 Å². The molecule has 0 aliphatic rings. The van der Waals surface area contributed by atoms with Crippen LogP contribution in [0, 0.1) is 0 Å². The quantitative estimate of drug-likeness (QED) is 0.688. The highest BCUT2D eigenvalue weighted by Gasteiger charge is 2.14. The fraction of sp³-hybridized carbons (Fsp3) is 0.462. The first-order valence-corrected chi connectivity index (χ1v) is 5.87. The van der Waals surface area contributed by atoms with Gasteiger partial charge in [0.1, 0.15) is 11.3 Å². The first-order valence-electron chi connectivity index (χ1n) is 5.87. The Balaban J connectivity index is 2.69. The van der Waals surface area contributed by atoms with E-state index < -0.39 is 5.97 Å².